The molecule has 0 aliphatic heterocycles. The Hall–Kier alpha value is -1.19. The summed E-state index contributed by atoms with van der Waals surface area (Å²) >= 11 is 6.19. The Morgan fingerprint density at radius 1 is 1.41 bits per heavy atom. The average Bonchev–Trinajstić information content (AvgIpc) is 2.65. The number of methoxy groups -OCH3 is 1. The highest BCUT2D eigenvalue weighted by atomic mass is 35.5. The SMILES string of the molecule is COc1ccc(Cl)c2[nH]c(C)c(CCCN)c12. The third kappa shape index (κ3) is 2.13. The molecule has 0 spiro atoms. The predicted octanol–water partition coefficient (Wildman–Crippen LogP) is 3.03. The van der Waals surface area contributed by atoms with Gasteiger partial charge in [0.1, 0.15) is 5.75 Å². The minimum atomic E-state index is 0.689. The molecule has 0 aliphatic rings. The van der Waals surface area contributed by atoms with E-state index in [2.05, 4.69) is 11.9 Å². The first-order valence-electron chi connectivity index (χ1n) is 5.72. The molecular formula is C13H17ClN2O. The van der Waals surface area contributed by atoms with Gasteiger partial charge >= 0.3 is 0 Å². The molecule has 0 unspecified atom stereocenters. The second kappa shape index (κ2) is 4.98. The Morgan fingerprint density at radius 3 is 2.82 bits per heavy atom. The van der Waals surface area contributed by atoms with E-state index in [9.17, 15) is 0 Å². The highest BCUT2D eigenvalue weighted by molar-refractivity contribution is 6.35. The molecule has 3 nitrogen and oxygen atoms in total. The van der Waals surface area contributed by atoms with Gasteiger partial charge in [-0.3, -0.25) is 0 Å². The van der Waals surface area contributed by atoms with Crippen molar-refractivity contribution in [1.29, 1.82) is 0 Å². The summed E-state index contributed by atoms with van der Waals surface area (Å²) in [4.78, 5) is 3.33. The molecule has 3 N–H and O–H groups in total. The quantitative estimate of drug-likeness (QED) is 0.879. The molecule has 2 aromatic rings. The summed E-state index contributed by atoms with van der Waals surface area (Å²) in [5, 5.41) is 1.81. The van der Waals surface area contributed by atoms with Crippen molar-refractivity contribution < 1.29 is 4.74 Å². The van der Waals surface area contributed by atoms with Gasteiger partial charge in [0.15, 0.2) is 0 Å². The summed E-state index contributed by atoms with van der Waals surface area (Å²) in [5.41, 5.74) is 8.92. The highest BCUT2D eigenvalue weighted by Crippen LogP contribution is 2.35. The Balaban J connectivity index is 2.64. The number of hydrogen-bond acceptors (Lipinski definition) is 2. The minimum Gasteiger partial charge on any atom is -0.496 e. The fourth-order valence-corrected chi connectivity index (χ4v) is 2.40. The Labute approximate surface area is 106 Å². The number of hydrogen-bond donors (Lipinski definition) is 2. The molecule has 0 radical (unpaired) electrons. The molecule has 92 valence electrons. The minimum absolute atomic E-state index is 0.689. The smallest absolute Gasteiger partial charge is 0.128 e. The lowest BCUT2D eigenvalue weighted by Crippen LogP contribution is -2.01. The number of nitrogens with one attached hydrogen (secondary N) is 1. The van der Waals surface area contributed by atoms with Gasteiger partial charge in [0.2, 0.25) is 0 Å². The van der Waals surface area contributed by atoms with E-state index in [0.717, 1.165) is 40.2 Å². The highest BCUT2D eigenvalue weighted by Gasteiger charge is 2.14. The maximum atomic E-state index is 6.19. The number of halogens is 1. The molecule has 0 saturated carbocycles. The fraction of sp³-hybridized carbons (Fsp3) is 0.385. The van der Waals surface area contributed by atoms with Crippen molar-refractivity contribution in [2.24, 2.45) is 5.73 Å². The van der Waals surface area contributed by atoms with Crippen molar-refractivity contribution >= 4 is 22.5 Å². The van der Waals surface area contributed by atoms with Crippen molar-refractivity contribution in [3.05, 3.63) is 28.4 Å². The van der Waals surface area contributed by atoms with Gasteiger partial charge in [0.05, 0.1) is 17.6 Å². The van der Waals surface area contributed by atoms with Crippen LogP contribution in [0.15, 0.2) is 12.1 Å². The van der Waals surface area contributed by atoms with Crippen LogP contribution in [-0.2, 0) is 6.42 Å². The van der Waals surface area contributed by atoms with Crippen LogP contribution in [-0.4, -0.2) is 18.6 Å². The van der Waals surface area contributed by atoms with Crippen LogP contribution in [0.4, 0.5) is 0 Å². The lowest BCUT2D eigenvalue weighted by Gasteiger charge is -2.06. The number of aryl methyl sites for hydroxylation is 2. The molecule has 0 bridgehead atoms. The molecule has 1 aromatic carbocycles. The summed E-state index contributed by atoms with van der Waals surface area (Å²) in [6.07, 6.45) is 1.91. The van der Waals surface area contributed by atoms with Crippen LogP contribution in [0.25, 0.3) is 10.9 Å². The largest absolute Gasteiger partial charge is 0.496 e. The molecule has 0 saturated heterocycles. The summed E-state index contributed by atoms with van der Waals surface area (Å²) in [5.74, 6) is 0.862. The molecule has 17 heavy (non-hydrogen) atoms. The van der Waals surface area contributed by atoms with Crippen LogP contribution in [0, 0.1) is 6.92 Å². The molecule has 4 heteroatoms. The lowest BCUT2D eigenvalue weighted by molar-refractivity contribution is 0.419. The zero-order valence-corrected chi connectivity index (χ0v) is 10.9. The Bertz CT molecular complexity index is 534. The van der Waals surface area contributed by atoms with Gasteiger partial charge in [-0.25, -0.2) is 0 Å². The van der Waals surface area contributed by atoms with Crippen LogP contribution in [0.5, 0.6) is 5.75 Å². The maximum absolute atomic E-state index is 6.19. The monoisotopic (exact) mass is 252 g/mol. The number of ether oxygens (including phenoxy) is 1. The number of H-pyrrole nitrogens is 1. The Morgan fingerprint density at radius 2 is 2.18 bits per heavy atom. The van der Waals surface area contributed by atoms with Gasteiger partial charge in [0, 0.05) is 11.1 Å². The molecule has 1 aromatic heterocycles. The molecule has 0 atom stereocenters. The second-order valence-corrected chi connectivity index (χ2v) is 4.53. The number of aromatic nitrogens is 1. The van der Waals surface area contributed by atoms with Crippen LogP contribution in [0.1, 0.15) is 17.7 Å². The van der Waals surface area contributed by atoms with E-state index < -0.39 is 0 Å². The molecule has 0 aliphatic carbocycles. The van der Waals surface area contributed by atoms with Crippen molar-refractivity contribution in [3.63, 3.8) is 0 Å². The lowest BCUT2D eigenvalue weighted by atomic mass is 10.1. The van der Waals surface area contributed by atoms with E-state index >= 15 is 0 Å². The second-order valence-electron chi connectivity index (χ2n) is 4.12. The molecule has 0 amide bonds. The number of aromatic amines is 1. The predicted molar refractivity (Wildman–Crippen MR) is 72.0 cm³/mol. The Kier molecular flexibility index (Phi) is 3.60. The number of fused-ring (bicyclic) bond motifs is 1. The van der Waals surface area contributed by atoms with Crippen molar-refractivity contribution in [3.8, 4) is 5.75 Å². The van der Waals surface area contributed by atoms with Gasteiger partial charge in [-0.1, -0.05) is 11.6 Å². The first-order valence-corrected chi connectivity index (χ1v) is 6.10. The maximum Gasteiger partial charge on any atom is 0.128 e. The fourth-order valence-electron chi connectivity index (χ4n) is 2.19. The zero-order chi connectivity index (χ0) is 12.4. The molecule has 2 rings (SSSR count). The van der Waals surface area contributed by atoms with Gasteiger partial charge in [-0.2, -0.15) is 0 Å². The summed E-state index contributed by atoms with van der Waals surface area (Å²) in [7, 11) is 1.68. The third-order valence-electron chi connectivity index (χ3n) is 3.03. The van der Waals surface area contributed by atoms with E-state index in [-0.39, 0.29) is 0 Å². The zero-order valence-electron chi connectivity index (χ0n) is 10.1. The van der Waals surface area contributed by atoms with E-state index in [0.29, 0.717) is 6.54 Å². The first kappa shape index (κ1) is 12.3. The van der Waals surface area contributed by atoms with Gasteiger partial charge < -0.3 is 15.5 Å². The normalized spacial score (nSPS) is 11.1. The third-order valence-corrected chi connectivity index (χ3v) is 3.35. The summed E-state index contributed by atoms with van der Waals surface area (Å²) < 4.78 is 5.41. The number of nitrogens with two attached hydrogens (primary N) is 1. The molecule has 0 fully saturated rings. The van der Waals surface area contributed by atoms with E-state index in [1.807, 2.05) is 12.1 Å². The standard InChI is InChI=1S/C13H17ClN2O/c1-8-9(4-3-7-15)12-11(17-2)6-5-10(14)13(12)16-8/h5-6,16H,3-4,7,15H2,1-2H3. The molecule has 1 heterocycles. The summed E-state index contributed by atoms with van der Waals surface area (Å²) in [6, 6.07) is 3.76. The molecular weight excluding hydrogens is 236 g/mol. The van der Waals surface area contributed by atoms with E-state index in [1.165, 1.54) is 5.56 Å². The van der Waals surface area contributed by atoms with E-state index in [1.54, 1.807) is 7.11 Å². The van der Waals surface area contributed by atoms with Gasteiger partial charge in [-0.15, -0.1) is 0 Å². The van der Waals surface area contributed by atoms with Crippen LogP contribution < -0.4 is 10.5 Å². The van der Waals surface area contributed by atoms with Gasteiger partial charge in [0.25, 0.3) is 0 Å². The number of benzene rings is 1. The van der Waals surface area contributed by atoms with Crippen LogP contribution in [0.3, 0.4) is 0 Å². The topological polar surface area (TPSA) is 51.0 Å². The number of rotatable bonds is 4. The first-order chi connectivity index (χ1) is 8.19. The average molecular weight is 253 g/mol. The van der Waals surface area contributed by atoms with Crippen molar-refractivity contribution in [2.45, 2.75) is 19.8 Å². The van der Waals surface area contributed by atoms with Crippen molar-refractivity contribution in [1.82, 2.24) is 4.98 Å². The van der Waals surface area contributed by atoms with Crippen LogP contribution in [0.2, 0.25) is 5.02 Å². The van der Waals surface area contributed by atoms with Gasteiger partial charge in [-0.05, 0) is 44.0 Å². The van der Waals surface area contributed by atoms with E-state index in [4.69, 9.17) is 22.1 Å². The van der Waals surface area contributed by atoms with Crippen molar-refractivity contribution in [2.75, 3.05) is 13.7 Å². The summed E-state index contributed by atoms with van der Waals surface area (Å²) in [6.45, 7) is 2.75. The van der Waals surface area contributed by atoms with Crippen LogP contribution >= 0.6 is 11.6 Å².